The maximum atomic E-state index is 13.9. The molecule has 0 saturated carbocycles. The number of H-pyrrole nitrogens is 1. The molecular formula is C73H91Cl2F4N13O17S3. The van der Waals surface area contributed by atoms with Gasteiger partial charge in [0.05, 0.1) is 65.1 Å². The number of nitro groups is 3. The first-order valence-electron chi connectivity index (χ1n) is 36.0. The van der Waals surface area contributed by atoms with Crippen LogP contribution in [0.25, 0.3) is 16.6 Å². The molecule has 5 aromatic carbocycles. The number of pyridine rings is 1. The van der Waals surface area contributed by atoms with Gasteiger partial charge in [0, 0.05) is 112 Å². The number of sulfonamides is 3. The van der Waals surface area contributed by atoms with Crippen LogP contribution in [0.3, 0.4) is 0 Å². The van der Waals surface area contributed by atoms with Crippen LogP contribution in [0.15, 0.2) is 136 Å². The standard InChI is InChI=1S/C47H51ClF3N7O7S.C13H19N3O5S.C7H15NO.C6H5FN2O4S.ClH/c1-46(2)15-12-31(39(27-46)37-9-6-32(24-40(37)48)47(49,50)51)29-56-18-20-57(21-19-56)33-7-10-38(43(25-33)65-35-23-30-13-16-53-44(30)54-28-35)45(59)55-66(62,63)36-8-11-41(42(26-36)58(60)61)52-17-14-34-5-3-4-22-64-34;14-22(19,20)11-4-5-12(13(9-11)16(17)18)15-7-6-10-3-1-2-8-21-10;8-5-4-7-3-1-2-6-9-7;7-5-2-1-4(14(8,12)13)3-6(5)9(10)11;/h6-11,13,16,23-26,28,34,52H,3-5,12,14-15,17-22,27,29H2,1-2H3,(H,53,54)(H,55,59);4-5,9-10,15H,1-3,6-8H2,(H2,14,19,20);7H,1-6,8H2;1-3H,(H2,8,12,13);1H. The highest BCUT2D eigenvalue weighted by Gasteiger charge is 2.35. The maximum Gasteiger partial charge on any atom is 0.416 e. The van der Waals surface area contributed by atoms with E-state index in [-0.39, 0.29) is 68.3 Å². The second-order valence-electron chi connectivity index (χ2n) is 28.0. The fourth-order valence-electron chi connectivity index (χ4n) is 13.3. The van der Waals surface area contributed by atoms with Gasteiger partial charge < -0.3 is 45.2 Å². The molecule has 39 heteroatoms. The smallest absolute Gasteiger partial charge is 0.416 e. The van der Waals surface area contributed by atoms with Crippen molar-refractivity contribution in [2.45, 2.75) is 149 Å². The van der Waals surface area contributed by atoms with Gasteiger partial charge in [0.15, 0.2) is 0 Å². The Hall–Kier alpha value is -8.73. The second kappa shape index (κ2) is 39.8. The van der Waals surface area contributed by atoms with Gasteiger partial charge >= 0.3 is 11.9 Å². The summed E-state index contributed by atoms with van der Waals surface area (Å²) in [7, 11) is -12.6. The number of allylic oxidation sites excluding steroid dienone is 1. The molecule has 7 aromatic rings. The van der Waals surface area contributed by atoms with Crippen molar-refractivity contribution >= 4 is 111 Å². The SMILES string of the molecule is CC1(C)CCC(CN2CCN(c3ccc(C(=O)NS(=O)(=O)c4ccc(NCCC5CCCCO5)c([N+](=O)[O-])c4)c(Oc4cnc5[nH]ccc5c4)c3)CC2)=C(c2ccc(C(F)(F)F)cc2Cl)C1.Cl.NCCC1CCCCO1.NS(=O)(=O)c1ccc(F)c([N+](=O)[O-])c1.NS(=O)(=O)c1ccc(NCCC2CCCCO2)c([N+](=O)[O-])c1. The molecule has 0 bridgehead atoms. The number of carbonyl (C=O) groups excluding carboxylic acids is 1. The largest absolute Gasteiger partial charge is 0.455 e. The normalized spacial score (nSPS) is 18.2. The van der Waals surface area contributed by atoms with Crippen LogP contribution >= 0.6 is 24.0 Å². The molecule has 3 unspecified atom stereocenters. The lowest BCUT2D eigenvalue weighted by atomic mass is 9.72. The third kappa shape index (κ3) is 25.4. The lowest BCUT2D eigenvalue weighted by Gasteiger charge is -2.39. The van der Waals surface area contributed by atoms with E-state index in [4.69, 9.17) is 46.6 Å². The van der Waals surface area contributed by atoms with Crippen molar-refractivity contribution in [3.05, 3.63) is 179 Å². The molecular weight excluding hydrogens is 1570 g/mol. The summed E-state index contributed by atoms with van der Waals surface area (Å²) >= 11 is 6.53. The molecule has 3 atom stereocenters. The number of nitrogens with one attached hydrogen (secondary N) is 4. The van der Waals surface area contributed by atoms with Gasteiger partial charge in [-0.15, -0.1) is 12.4 Å². The molecule has 30 nitrogen and oxygen atoms in total. The summed E-state index contributed by atoms with van der Waals surface area (Å²) in [6.07, 6.45) is 14.2. The summed E-state index contributed by atoms with van der Waals surface area (Å²) < 4.78 is 150. The summed E-state index contributed by atoms with van der Waals surface area (Å²) in [5.41, 5.74) is 7.27. The molecule has 112 heavy (non-hydrogen) atoms. The number of hydrogen-bond acceptors (Lipinski definition) is 23. The van der Waals surface area contributed by atoms with Gasteiger partial charge in [-0.1, -0.05) is 37.1 Å². The Kier molecular flexibility index (Phi) is 31.6. The average Bonchev–Trinajstić information content (AvgIpc) is 0.956. The number of carbonyl (C=O) groups is 1. The van der Waals surface area contributed by atoms with E-state index in [9.17, 15) is 78.0 Å². The van der Waals surface area contributed by atoms with Crippen LogP contribution in [0.1, 0.15) is 132 Å². The highest BCUT2D eigenvalue weighted by Crippen LogP contribution is 2.46. The van der Waals surface area contributed by atoms with E-state index in [1.807, 2.05) is 6.07 Å². The number of hydrogen-bond donors (Lipinski definition) is 7. The number of ether oxygens (including phenoxy) is 4. The molecule has 4 aliphatic heterocycles. The van der Waals surface area contributed by atoms with Crippen molar-refractivity contribution in [3.8, 4) is 11.5 Å². The summed E-state index contributed by atoms with van der Waals surface area (Å²) in [5, 5.41) is 49.9. The Labute approximate surface area is 656 Å². The van der Waals surface area contributed by atoms with Crippen molar-refractivity contribution in [2.75, 3.05) is 87.7 Å². The van der Waals surface area contributed by atoms with E-state index in [2.05, 4.69) is 49.0 Å². The van der Waals surface area contributed by atoms with E-state index in [0.717, 1.165) is 131 Å². The molecule has 2 aromatic heterocycles. The van der Waals surface area contributed by atoms with Crippen molar-refractivity contribution in [1.29, 1.82) is 0 Å². The summed E-state index contributed by atoms with van der Waals surface area (Å²) in [5.74, 6) is -1.77. The van der Waals surface area contributed by atoms with E-state index >= 15 is 0 Å². The van der Waals surface area contributed by atoms with Crippen molar-refractivity contribution in [3.63, 3.8) is 0 Å². The van der Waals surface area contributed by atoms with Crippen molar-refractivity contribution < 1.29 is 81.3 Å². The van der Waals surface area contributed by atoms with Crippen LogP contribution in [0.2, 0.25) is 5.02 Å². The molecule has 4 fully saturated rings. The number of rotatable bonds is 24. The van der Waals surface area contributed by atoms with E-state index < -0.39 is 89.5 Å². The van der Waals surface area contributed by atoms with Gasteiger partial charge in [-0.2, -0.15) is 17.6 Å². The average molecular weight is 1670 g/mol. The summed E-state index contributed by atoms with van der Waals surface area (Å²) in [6, 6.07) is 21.1. The number of alkyl halides is 3. The first-order valence-corrected chi connectivity index (χ1v) is 41.0. The fraction of sp³-hybridized carbons (Fsp3) is 0.452. The van der Waals surface area contributed by atoms with Crippen molar-refractivity contribution in [2.24, 2.45) is 21.4 Å². The van der Waals surface area contributed by atoms with Crippen LogP contribution in [0, 0.1) is 41.6 Å². The number of aromatic amines is 1. The highest BCUT2D eigenvalue weighted by molar-refractivity contribution is 7.90. The number of aromatic nitrogens is 2. The minimum Gasteiger partial charge on any atom is -0.455 e. The van der Waals surface area contributed by atoms with Gasteiger partial charge in [-0.3, -0.25) is 40.0 Å². The van der Waals surface area contributed by atoms with Gasteiger partial charge in [0.25, 0.3) is 27.3 Å². The third-order valence-electron chi connectivity index (χ3n) is 19.3. The molecule has 12 rings (SSSR count). The molecule has 0 radical (unpaired) electrons. The van der Waals surface area contributed by atoms with Crippen LogP contribution in [-0.4, -0.2) is 151 Å². The zero-order valence-corrected chi connectivity index (χ0v) is 65.5. The van der Waals surface area contributed by atoms with Gasteiger partial charge in [0.1, 0.15) is 28.5 Å². The van der Waals surface area contributed by atoms with E-state index in [0.29, 0.717) is 106 Å². The Morgan fingerprint density at radius 2 is 1.23 bits per heavy atom. The maximum absolute atomic E-state index is 13.9. The number of halogens is 6. The quantitative estimate of drug-likeness (QED) is 0.0168. The first kappa shape index (κ1) is 88.8. The number of nitrogens with zero attached hydrogens (tertiary/aromatic N) is 6. The summed E-state index contributed by atoms with van der Waals surface area (Å²) in [6.45, 7) is 11.5. The van der Waals surface area contributed by atoms with Crippen LogP contribution in [0.4, 0.5) is 51.7 Å². The Balaban J connectivity index is 0.000000274. The Morgan fingerprint density at radius 3 is 1.75 bits per heavy atom. The van der Waals surface area contributed by atoms with E-state index in [1.54, 1.807) is 24.4 Å². The van der Waals surface area contributed by atoms with Crippen LogP contribution in [0.5, 0.6) is 11.5 Å². The Bertz CT molecular complexity index is 4850. The molecule has 610 valence electrons. The number of primary sulfonamides is 2. The number of anilines is 3. The molecule has 6 heterocycles. The number of fused-ring (bicyclic) bond motifs is 1. The second-order valence-corrected chi connectivity index (χ2v) is 33.2. The first-order chi connectivity index (χ1) is 52.5. The predicted octanol–water partition coefficient (Wildman–Crippen LogP) is 13.5. The number of amides is 1. The monoisotopic (exact) mass is 1660 g/mol. The lowest BCUT2D eigenvalue weighted by molar-refractivity contribution is -0.387. The summed E-state index contributed by atoms with van der Waals surface area (Å²) in [4.78, 5) is 55.6. The van der Waals surface area contributed by atoms with Gasteiger partial charge in [0.2, 0.25) is 25.9 Å². The third-order valence-corrected chi connectivity index (χ3v) is 22.7. The fourth-order valence-corrected chi connectivity index (χ4v) is 15.6. The zero-order chi connectivity index (χ0) is 80.4. The number of nitro benzene ring substituents is 3. The predicted molar refractivity (Wildman–Crippen MR) is 417 cm³/mol. The topological polar surface area (TPSA) is 435 Å². The lowest BCUT2D eigenvalue weighted by Crippen LogP contribution is -2.47. The molecule has 1 aliphatic carbocycles. The molecule has 5 aliphatic rings. The highest BCUT2D eigenvalue weighted by atomic mass is 35.5. The Morgan fingerprint density at radius 1 is 0.696 bits per heavy atom. The molecule has 0 spiro atoms. The molecule has 4 saturated heterocycles. The minimum atomic E-state index is -4.61. The van der Waals surface area contributed by atoms with Gasteiger partial charge in [-0.25, -0.2) is 45.2 Å². The number of nitrogens with two attached hydrogens (primary N) is 3. The van der Waals surface area contributed by atoms with Gasteiger partial charge in [-0.05, 0) is 192 Å². The van der Waals surface area contributed by atoms with Crippen LogP contribution < -0.4 is 41.0 Å². The van der Waals surface area contributed by atoms with Crippen LogP contribution in [-0.2, 0) is 50.5 Å². The number of benzene rings is 5. The molecule has 1 amide bonds. The number of piperazine rings is 1. The van der Waals surface area contributed by atoms with Crippen molar-refractivity contribution in [1.82, 2.24) is 19.6 Å². The van der Waals surface area contributed by atoms with E-state index in [1.165, 1.54) is 61.9 Å². The molecule has 10 N–H and O–H groups in total. The zero-order valence-electron chi connectivity index (χ0n) is 61.5. The minimum absolute atomic E-state index is 0.